The lowest BCUT2D eigenvalue weighted by atomic mass is 10.2. The monoisotopic (exact) mass is 304 g/mol. The quantitative estimate of drug-likeness (QED) is 0.847. The van der Waals surface area contributed by atoms with Crippen molar-refractivity contribution in [2.45, 2.75) is 32.0 Å². The molecule has 21 heavy (non-hydrogen) atoms. The fourth-order valence-corrected chi connectivity index (χ4v) is 2.13. The topological polar surface area (TPSA) is 32.3 Å². The Morgan fingerprint density at radius 3 is 2.57 bits per heavy atom. The highest BCUT2D eigenvalue weighted by atomic mass is 19.4. The predicted molar refractivity (Wildman–Crippen MR) is 70.3 cm³/mol. The third-order valence-electron chi connectivity index (χ3n) is 3.37. The fourth-order valence-electron chi connectivity index (χ4n) is 2.13. The zero-order valence-corrected chi connectivity index (χ0v) is 11.5. The Hall–Kier alpha value is -1.79. The summed E-state index contributed by atoms with van der Waals surface area (Å²) in [5.41, 5.74) is -1.27. The highest BCUT2D eigenvalue weighted by Crippen LogP contribution is 2.32. The van der Waals surface area contributed by atoms with Crippen LogP contribution in [0.1, 0.15) is 25.3 Å². The molecule has 1 saturated carbocycles. The minimum atomic E-state index is -4.54. The summed E-state index contributed by atoms with van der Waals surface area (Å²) in [6.45, 7) is 2.15. The second-order valence-electron chi connectivity index (χ2n) is 4.96. The zero-order chi connectivity index (χ0) is 15.6. The number of carbonyl (C=O) groups excluding carboxylic acids is 1. The van der Waals surface area contributed by atoms with Crippen LogP contribution in [-0.2, 0) is 11.0 Å². The summed E-state index contributed by atoms with van der Waals surface area (Å²) in [5.74, 6) is -1.05. The molecule has 0 aromatic heterocycles. The van der Waals surface area contributed by atoms with Crippen LogP contribution in [0.15, 0.2) is 18.2 Å². The van der Waals surface area contributed by atoms with Crippen LogP contribution in [0.25, 0.3) is 0 Å². The molecule has 1 fully saturated rings. The van der Waals surface area contributed by atoms with Gasteiger partial charge in [0.2, 0.25) is 5.91 Å². The molecule has 0 heterocycles. The molecular formula is C14H16F4N2O. The molecule has 2 rings (SSSR count). The predicted octanol–water partition coefficient (Wildman–Crippen LogP) is 3.27. The average molecular weight is 304 g/mol. The minimum absolute atomic E-state index is 0.218. The van der Waals surface area contributed by atoms with Gasteiger partial charge in [-0.15, -0.1) is 0 Å². The van der Waals surface area contributed by atoms with E-state index in [2.05, 4.69) is 5.32 Å². The highest BCUT2D eigenvalue weighted by Gasteiger charge is 2.32. The summed E-state index contributed by atoms with van der Waals surface area (Å²) in [7, 11) is 0. The van der Waals surface area contributed by atoms with E-state index in [-0.39, 0.29) is 24.2 Å². The molecule has 3 nitrogen and oxygen atoms in total. The maximum absolute atomic E-state index is 13.5. The van der Waals surface area contributed by atoms with Gasteiger partial charge in [-0.25, -0.2) is 4.39 Å². The number of likely N-dealkylation sites (N-methyl/N-ethyl adjacent to an activating group) is 1. The third kappa shape index (κ3) is 3.86. The lowest BCUT2D eigenvalue weighted by Gasteiger charge is -2.21. The lowest BCUT2D eigenvalue weighted by Crippen LogP contribution is -2.37. The molecule has 1 aromatic rings. The third-order valence-corrected chi connectivity index (χ3v) is 3.37. The number of hydrogen-bond donors (Lipinski definition) is 1. The van der Waals surface area contributed by atoms with Crippen molar-refractivity contribution in [1.29, 1.82) is 0 Å². The number of nitrogens with zero attached hydrogens (tertiary/aromatic N) is 1. The summed E-state index contributed by atoms with van der Waals surface area (Å²) in [6.07, 6.45) is -2.66. The van der Waals surface area contributed by atoms with E-state index in [1.165, 1.54) is 0 Å². The van der Waals surface area contributed by atoms with Gasteiger partial charge in [-0.1, -0.05) is 0 Å². The van der Waals surface area contributed by atoms with Crippen LogP contribution in [0.2, 0.25) is 0 Å². The van der Waals surface area contributed by atoms with E-state index in [1.807, 2.05) is 6.92 Å². The molecule has 0 atom stereocenters. The molecule has 0 aliphatic heterocycles. The van der Waals surface area contributed by atoms with Gasteiger partial charge in [0.05, 0.1) is 17.8 Å². The molecule has 7 heteroatoms. The minimum Gasteiger partial charge on any atom is -0.374 e. The van der Waals surface area contributed by atoms with Crippen molar-refractivity contribution >= 4 is 11.6 Å². The Morgan fingerprint density at radius 1 is 1.38 bits per heavy atom. The van der Waals surface area contributed by atoms with Crippen LogP contribution in [-0.4, -0.2) is 29.9 Å². The van der Waals surface area contributed by atoms with Crippen molar-refractivity contribution in [3.05, 3.63) is 29.6 Å². The van der Waals surface area contributed by atoms with Gasteiger partial charge >= 0.3 is 6.18 Å². The Kier molecular flexibility index (Phi) is 4.39. The number of anilines is 1. The summed E-state index contributed by atoms with van der Waals surface area (Å²) in [5, 5.41) is 2.46. The summed E-state index contributed by atoms with van der Waals surface area (Å²) < 4.78 is 51.2. The van der Waals surface area contributed by atoms with Crippen LogP contribution in [0.3, 0.4) is 0 Å². The molecule has 1 N–H and O–H groups in total. The van der Waals surface area contributed by atoms with Crippen LogP contribution >= 0.6 is 0 Å². The van der Waals surface area contributed by atoms with Crippen molar-refractivity contribution in [2.24, 2.45) is 0 Å². The second kappa shape index (κ2) is 5.91. The Labute approximate surface area is 119 Å². The van der Waals surface area contributed by atoms with E-state index in [1.54, 1.807) is 4.90 Å². The first kappa shape index (κ1) is 15.6. The molecule has 0 radical (unpaired) electrons. The molecule has 0 saturated heterocycles. The van der Waals surface area contributed by atoms with E-state index >= 15 is 0 Å². The zero-order valence-electron chi connectivity index (χ0n) is 11.5. The van der Waals surface area contributed by atoms with Crippen molar-refractivity contribution in [3.8, 4) is 0 Å². The van der Waals surface area contributed by atoms with E-state index < -0.39 is 17.6 Å². The van der Waals surface area contributed by atoms with Gasteiger partial charge in [0.15, 0.2) is 0 Å². The largest absolute Gasteiger partial charge is 0.416 e. The van der Waals surface area contributed by atoms with Crippen molar-refractivity contribution in [2.75, 3.05) is 18.4 Å². The second-order valence-corrected chi connectivity index (χ2v) is 4.96. The summed E-state index contributed by atoms with van der Waals surface area (Å²) in [6, 6.07) is 2.31. The number of alkyl halides is 3. The molecule has 116 valence electrons. The molecule has 0 unspecified atom stereocenters. The summed E-state index contributed by atoms with van der Waals surface area (Å²) >= 11 is 0. The lowest BCUT2D eigenvalue weighted by molar-refractivity contribution is -0.137. The molecular weight excluding hydrogens is 288 g/mol. The summed E-state index contributed by atoms with van der Waals surface area (Å²) in [4.78, 5) is 13.6. The maximum atomic E-state index is 13.5. The number of halogens is 4. The number of carbonyl (C=O) groups is 1. The number of nitrogens with one attached hydrogen (secondary N) is 1. The van der Waals surface area contributed by atoms with Gasteiger partial charge in [-0.3, -0.25) is 4.79 Å². The van der Waals surface area contributed by atoms with E-state index in [0.29, 0.717) is 18.7 Å². The van der Waals surface area contributed by atoms with Gasteiger partial charge in [0.1, 0.15) is 5.82 Å². The van der Waals surface area contributed by atoms with Gasteiger partial charge in [0, 0.05) is 12.6 Å². The first-order valence-electron chi connectivity index (χ1n) is 6.73. The Bertz CT molecular complexity index is 526. The fraction of sp³-hybridized carbons (Fsp3) is 0.500. The van der Waals surface area contributed by atoms with Crippen LogP contribution < -0.4 is 5.32 Å². The van der Waals surface area contributed by atoms with E-state index in [9.17, 15) is 22.4 Å². The van der Waals surface area contributed by atoms with Crippen LogP contribution in [0, 0.1) is 5.82 Å². The normalized spacial score (nSPS) is 14.9. The first-order chi connectivity index (χ1) is 9.82. The number of amides is 1. The molecule has 1 aromatic carbocycles. The Morgan fingerprint density at radius 2 is 2.05 bits per heavy atom. The van der Waals surface area contributed by atoms with E-state index in [0.717, 1.165) is 18.9 Å². The number of rotatable bonds is 5. The molecule has 1 aliphatic carbocycles. The maximum Gasteiger partial charge on any atom is 0.416 e. The highest BCUT2D eigenvalue weighted by molar-refractivity contribution is 5.81. The van der Waals surface area contributed by atoms with Gasteiger partial charge < -0.3 is 10.2 Å². The van der Waals surface area contributed by atoms with Gasteiger partial charge in [-0.2, -0.15) is 13.2 Å². The van der Waals surface area contributed by atoms with Crippen molar-refractivity contribution < 1.29 is 22.4 Å². The van der Waals surface area contributed by atoms with Crippen molar-refractivity contribution in [1.82, 2.24) is 4.90 Å². The molecule has 0 spiro atoms. The van der Waals surface area contributed by atoms with Crippen LogP contribution in [0.4, 0.5) is 23.2 Å². The van der Waals surface area contributed by atoms with Gasteiger partial charge in [-0.05, 0) is 38.0 Å². The molecule has 1 aliphatic rings. The van der Waals surface area contributed by atoms with E-state index in [4.69, 9.17) is 0 Å². The SMILES string of the molecule is CCN(C(=O)CNc1cc(C(F)(F)F)ccc1F)C1CC1. The first-order valence-corrected chi connectivity index (χ1v) is 6.73. The average Bonchev–Trinajstić information content (AvgIpc) is 3.22. The van der Waals surface area contributed by atoms with Crippen molar-refractivity contribution in [3.63, 3.8) is 0 Å². The molecule has 1 amide bonds. The number of benzene rings is 1. The van der Waals surface area contributed by atoms with Crippen LogP contribution in [0.5, 0.6) is 0 Å². The standard InChI is InChI=1S/C14H16F4N2O/c1-2-20(10-4-5-10)13(21)8-19-12-7-9(14(16,17)18)3-6-11(12)15/h3,6-7,10,19H,2,4-5,8H2,1H3. The Balaban J connectivity index is 2.03. The van der Waals surface area contributed by atoms with Gasteiger partial charge in [0.25, 0.3) is 0 Å². The number of hydrogen-bond acceptors (Lipinski definition) is 2. The molecule has 0 bridgehead atoms. The smallest absolute Gasteiger partial charge is 0.374 e.